The number of benzene rings is 3. The Hall–Kier alpha value is -3.16. The molecule has 1 atom stereocenters. The van der Waals surface area contributed by atoms with Crippen LogP contribution in [0.1, 0.15) is 28.3 Å². The first-order chi connectivity index (χ1) is 13.7. The predicted octanol–water partition coefficient (Wildman–Crippen LogP) is 3.86. The van der Waals surface area contributed by atoms with Gasteiger partial charge in [0.15, 0.2) is 0 Å². The van der Waals surface area contributed by atoms with Gasteiger partial charge in [0.05, 0.1) is 10.9 Å². The molecule has 150 valence electrons. The molecule has 3 aromatic rings. The van der Waals surface area contributed by atoms with Crippen LogP contribution >= 0.6 is 0 Å². The van der Waals surface area contributed by atoms with Crippen LogP contribution in [0.3, 0.4) is 0 Å². The van der Waals surface area contributed by atoms with Crippen molar-refractivity contribution in [2.75, 3.05) is 5.32 Å². The SMILES string of the molecule is Cc1ccc([C@@H](NC(=O)Nc2ccc(S(N)(=O)=O)cc2)c2ccccc2)cc1C. The van der Waals surface area contributed by atoms with Crippen molar-refractivity contribution in [3.63, 3.8) is 0 Å². The van der Waals surface area contributed by atoms with E-state index in [1.54, 1.807) is 0 Å². The van der Waals surface area contributed by atoms with Gasteiger partial charge in [-0.3, -0.25) is 0 Å². The average molecular weight is 410 g/mol. The first kappa shape index (κ1) is 20.6. The molecular formula is C22H23N3O3S. The van der Waals surface area contributed by atoms with Crippen LogP contribution in [0.4, 0.5) is 10.5 Å². The molecule has 3 rings (SSSR count). The normalized spacial score (nSPS) is 12.2. The van der Waals surface area contributed by atoms with Crippen molar-refractivity contribution >= 4 is 21.7 Å². The highest BCUT2D eigenvalue weighted by atomic mass is 32.2. The molecule has 7 heteroatoms. The van der Waals surface area contributed by atoms with E-state index in [4.69, 9.17) is 5.14 Å². The van der Waals surface area contributed by atoms with Crippen molar-refractivity contribution in [1.82, 2.24) is 5.32 Å². The van der Waals surface area contributed by atoms with Gasteiger partial charge in [0, 0.05) is 5.69 Å². The number of hydrogen-bond acceptors (Lipinski definition) is 3. The maximum Gasteiger partial charge on any atom is 0.319 e. The van der Waals surface area contributed by atoms with E-state index in [1.165, 1.54) is 29.8 Å². The maximum atomic E-state index is 12.6. The van der Waals surface area contributed by atoms with Crippen molar-refractivity contribution in [2.45, 2.75) is 24.8 Å². The smallest absolute Gasteiger partial charge is 0.319 e. The zero-order valence-corrected chi connectivity index (χ0v) is 17.0. The molecule has 0 saturated carbocycles. The van der Waals surface area contributed by atoms with Crippen LogP contribution in [0, 0.1) is 13.8 Å². The van der Waals surface area contributed by atoms with Crippen LogP contribution in [0.25, 0.3) is 0 Å². The van der Waals surface area contributed by atoms with Crippen LogP contribution in [0.2, 0.25) is 0 Å². The van der Waals surface area contributed by atoms with Crippen molar-refractivity contribution in [1.29, 1.82) is 0 Å². The van der Waals surface area contributed by atoms with Crippen LogP contribution in [-0.2, 0) is 10.0 Å². The van der Waals surface area contributed by atoms with Gasteiger partial charge in [0.1, 0.15) is 0 Å². The number of urea groups is 1. The number of hydrogen-bond donors (Lipinski definition) is 3. The molecule has 0 spiro atoms. The molecule has 3 aromatic carbocycles. The highest BCUT2D eigenvalue weighted by Gasteiger charge is 2.17. The van der Waals surface area contributed by atoms with E-state index in [0.717, 1.165) is 16.7 Å². The molecule has 6 nitrogen and oxygen atoms in total. The topological polar surface area (TPSA) is 101 Å². The molecule has 29 heavy (non-hydrogen) atoms. The molecule has 4 N–H and O–H groups in total. The lowest BCUT2D eigenvalue weighted by Gasteiger charge is -2.21. The number of rotatable bonds is 5. The Morgan fingerprint density at radius 3 is 2.10 bits per heavy atom. The number of nitrogens with two attached hydrogens (primary N) is 1. The third kappa shape index (κ3) is 5.22. The predicted molar refractivity (Wildman–Crippen MR) is 114 cm³/mol. The number of aryl methyl sites for hydroxylation is 2. The highest BCUT2D eigenvalue weighted by molar-refractivity contribution is 7.89. The number of primary sulfonamides is 1. The lowest BCUT2D eigenvalue weighted by molar-refractivity contribution is 0.250. The van der Waals surface area contributed by atoms with E-state index >= 15 is 0 Å². The van der Waals surface area contributed by atoms with E-state index in [0.29, 0.717) is 5.69 Å². The van der Waals surface area contributed by atoms with E-state index in [2.05, 4.69) is 16.7 Å². The number of anilines is 1. The average Bonchev–Trinajstić information content (AvgIpc) is 2.69. The second-order valence-electron chi connectivity index (χ2n) is 6.86. The molecular weight excluding hydrogens is 386 g/mol. The summed E-state index contributed by atoms with van der Waals surface area (Å²) in [5.41, 5.74) is 4.71. The van der Waals surface area contributed by atoms with Crippen LogP contribution in [0.15, 0.2) is 77.7 Å². The largest absolute Gasteiger partial charge is 0.327 e. The Labute approximate surface area is 170 Å². The first-order valence-electron chi connectivity index (χ1n) is 9.06. The summed E-state index contributed by atoms with van der Waals surface area (Å²) in [4.78, 5) is 12.6. The zero-order valence-electron chi connectivity index (χ0n) is 16.2. The molecule has 2 amide bonds. The Morgan fingerprint density at radius 2 is 1.52 bits per heavy atom. The number of carbonyl (C=O) groups excluding carboxylic acids is 1. The van der Waals surface area contributed by atoms with Gasteiger partial charge in [-0.1, -0.05) is 48.5 Å². The Bertz CT molecular complexity index is 1110. The Balaban J connectivity index is 1.82. The molecule has 0 fully saturated rings. The quantitative estimate of drug-likeness (QED) is 0.596. The van der Waals surface area contributed by atoms with E-state index in [-0.39, 0.29) is 10.9 Å². The fraction of sp³-hybridized carbons (Fsp3) is 0.136. The van der Waals surface area contributed by atoms with Gasteiger partial charge >= 0.3 is 6.03 Å². The maximum absolute atomic E-state index is 12.6. The van der Waals surface area contributed by atoms with Gasteiger partial charge in [-0.25, -0.2) is 18.4 Å². The summed E-state index contributed by atoms with van der Waals surface area (Å²) in [6, 6.07) is 20.7. The summed E-state index contributed by atoms with van der Waals surface area (Å²) in [6.07, 6.45) is 0. The second kappa shape index (κ2) is 8.46. The molecule has 0 bridgehead atoms. The summed E-state index contributed by atoms with van der Waals surface area (Å²) in [5, 5.41) is 10.8. The number of amides is 2. The number of sulfonamides is 1. The summed E-state index contributed by atoms with van der Waals surface area (Å²) in [7, 11) is -3.78. The fourth-order valence-electron chi connectivity index (χ4n) is 2.98. The molecule has 0 unspecified atom stereocenters. The standard InChI is InChI=1S/C22H23N3O3S/c1-15-8-9-18(14-16(15)2)21(17-6-4-3-5-7-17)25-22(26)24-19-10-12-20(13-11-19)29(23,27)28/h3-14,21H,1-2H3,(H2,23,27,28)(H2,24,25,26)/t21-/m0/s1. The monoisotopic (exact) mass is 409 g/mol. The Morgan fingerprint density at radius 1 is 0.862 bits per heavy atom. The highest BCUT2D eigenvalue weighted by Crippen LogP contribution is 2.24. The lowest BCUT2D eigenvalue weighted by Crippen LogP contribution is -2.33. The van der Waals surface area contributed by atoms with Crippen LogP contribution < -0.4 is 15.8 Å². The molecule has 0 aliphatic rings. The fourth-order valence-corrected chi connectivity index (χ4v) is 3.49. The van der Waals surface area contributed by atoms with Crippen molar-refractivity contribution in [3.8, 4) is 0 Å². The minimum absolute atomic E-state index is 0.0132. The van der Waals surface area contributed by atoms with Crippen molar-refractivity contribution in [2.24, 2.45) is 5.14 Å². The molecule has 0 aromatic heterocycles. The summed E-state index contributed by atoms with van der Waals surface area (Å²) in [5.74, 6) is 0. The zero-order chi connectivity index (χ0) is 21.0. The van der Waals surface area contributed by atoms with Gasteiger partial charge in [-0.05, 0) is 60.4 Å². The summed E-state index contributed by atoms with van der Waals surface area (Å²) < 4.78 is 22.7. The van der Waals surface area contributed by atoms with Crippen LogP contribution in [-0.4, -0.2) is 14.4 Å². The number of nitrogens with one attached hydrogen (secondary N) is 2. The van der Waals surface area contributed by atoms with Gasteiger partial charge in [-0.15, -0.1) is 0 Å². The van der Waals surface area contributed by atoms with Crippen molar-refractivity contribution in [3.05, 3.63) is 95.1 Å². The van der Waals surface area contributed by atoms with Gasteiger partial charge < -0.3 is 10.6 Å². The molecule has 0 aliphatic heterocycles. The van der Waals surface area contributed by atoms with E-state index < -0.39 is 16.1 Å². The van der Waals surface area contributed by atoms with Crippen molar-refractivity contribution < 1.29 is 13.2 Å². The second-order valence-corrected chi connectivity index (χ2v) is 8.42. The van der Waals surface area contributed by atoms with E-state index in [1.807, 2.05) is 56.3 Å². The summed E-state index contributed by atoms with van der Waals surface area (Å²) in [6.45, 7) is 4.08. The Kier molecular flexibility index (Phi) is 6.00. The minimum Gasteiger partial charge on any atom is -0.327 e. The third-order valence-corrected chi connectivity index (χ3v) is 5.64. The summed E-state index contributed by atoms with van der Waals surface area (Å²) >= 11 is 0. The molecule has 0 radical (unpaired) electrons. The van der Waals surface area contributed by atoms with Gasteiger partial charge in [-0.2, -0.15) is 0 Å². The molecule has 0 aliphatic carbocycles. The lowest BCUT2D eigenvalue weighted by atomic mass is 9.96. The van der Waals surface area contributed by atoms with Gasteiger partial charge in [0.25, 0.3) is 0 Å². The van der Waals surface area contributed by atoms with E-state index in [9.17, 15) is 13.2 Å². The number of carbonyl (C=O) groups is 1. The van der Waals surface area contributed by atoms with Crippen LogP contribution in [0.5, 0.6) is 0 Å². The third-order valence-electron chi connectivity index (χ3n) is 4.71. The van der Waals surface area contributed by atoms with Gasteiger partial charge in [0.2, 0.25) is 10.0 Å². The molecule has 0 heterocycles. The minimum atomic E-state index is -3.78. The molecule has 0 saturated heterocycles. The first-order valence-corrected chi connectivity index (χ1v) is 10.6.